The molecule has 5 aliphatic rings. The number of likely N-dealkylation sites (tertiary alicyclic amines) is 1. The van der Waals surface area contributed by atoms with Crippen LogP contribution in [0.2, 0.25) is 0 Å². The van der Waals surface area contributed by atoms with Crippen LogP contribution in [0.5, 0.6) is 0 Å². The molecule has 7 atom stereocenters. The van der Waals surface area contributed by atoms with Crippen molar-refractivity contribution in [2.45, 2.75) is 81.6 Å². The number of carbonyl (C=O) groups is 3. The predicted molar refractivity (Wildman–Crippen MR) is 167 cm³/mol. The fourth-order valence-corrected chi connectivity index (χ4v) is 8.99. The van der Waals surface area contributed by atoms with Gasteiger partial charge in [-0.3, -0.25) is 24.0 Å². The maximum Gasteiger partial charge on any atom is 0.281 e. The number of fused-ring (bicyclic) bond motifs is 5. The van der Waals surface area contributed by atoms with E-state index < -0.39 is 41.5 Å². The molecule has 236 valence electrons. The first-order valence-electron chi connectivity index (χ1n) is 16.3. The van der Waals surface area contributed by atoms with Gasteiger partial charge in [0.2, 0.25) is 17.5 Å². The van der Waals surface area contributed by atoms with Crippen LogP contribution in [0.1, 0.15) is 55.7 Å². The molecule has 3 N–H and O–H groups in total. The first-order chi connectivity index (χ1) is 21.6. The van der Waals surface area contributed by atoms with Crippen LogP contribution in [0.4, 0.5) is 0 Å². The van der Waals surface area contributed by atoms with Crippen molar-refractivity contribution in [3.8, 4) is 0 Å². The number of hydrogen-bond acceptors (Lipinski definition) is 6. The molecule has 0 saturated carbocycles. The number of carbonyl (C=O) groups excluding carboxylic acids is 3. The number of piperazine rings is 1. The molecule has 1 aromatic heterocycles. The highest BCUT2D eigenvalue weighted by Crippen LogP contribution is 2.49. The molecule has 0 radical (unpaired) electrons. The number of aromatic nitrogens is 1. The third-order valence-electron chi connectivity index (χ3n) is 11.2. The van der Waals surface area contributed by atoms with Crippen molar-refractivity contribution in [3.05, 3.63) is 71.4 Å². The van der Waals surface area contributed by atoms with Crippen molar-refractivity contribution < 1.29 is 24.2 Å². The van der Waals surface area contributed by atoms with Gasteiger partial charge in [0.1, 0.15) is 12.1 Å². The van der Waals surface area contributed by atoms with E-state index in [0.717, 1.165) is 17.5 Å². The summed E-state index contributed by atoms with van der Waals surface area (Å²) in [6.45, 7) is 4.68. The first-order valence-corrected chi connectivity index (χ1v) is 16.3. The van der Waals surface area contributed by atoms with Crippen molar-refractivity contribution in [2.75, 3.05) is 20.1 Å². The van der Waals surface area contributed by atoms with E-state index in [1.807, 2.05) is 44.2 Å². The Labute approximate surface area is 262 Å². The zero-order chi connectivity index (χ0) is 31.2. The van der Waals surface area contributed by atoms with Crippen LogP contribution < -0.4 is 5.32 Å². The molecule has 3 aromatic rings. The molecule has 4 aliphatic heterocycles. The van der Waals surface area contributed by atoms with Gasteiger partial charge in [-0.1, -0.05) is 56.3 Å². The maximum absolute atomic E-state index is 14.6. The molecule has 45 heavy (non-hydrogen) atoms. The molecule has 3 amide bonds. The Kier molecular flexibility index (Phi) is 6.47. The van der Waals surface area contributed by atoms with Crippen LogP contribution >= 0.6 is 0 Å². The van der Waals surface area contributed by atoms with Crippen molar-refractivity contribution >= 4 is 28.6 Å². The molecule has 0 spiro atoms. The number of H-pyrrole nitrogens is 1. The average molecular weight is 612 g/mol. The standard InChI is InChI=1S/C35H41N5O5/c1-20(2)34(37-31(41)23-16-25-24-11-7-12-26-30(24)22(18-36-26)17-27(25)38(3)19-23)33(43)40-28(15-21-9-5-4-6-10-21)32(42)39-14-8-13-29(39)35(40,44)45-34/h4-7,9-12,18,20,23,25,27-29,36,44H,8,13-17,19H2,1-3H3,(H,37,41)/t23-,25+,27-,28+,29+,34-,35+/m1/s1. The number of likely N-dealkylation sites (N-methyl/N-ethyl adjacent to an activating group) is 1. The average Bonchev–Trinajstić information content (AvgIpc) is 3.74. The zero-order valence-corrected chi connectivity index (χ0v) is 26.0. The molecular weight excluding hydrogens is 570 g/mol. The van der Waals surface area contributed by atoms with Crippen LogP contribution in [0, 0.1) is 11.8 Å². The molecule has 4 fully saturated rings. The monoisotopic (exact) mass is 611 g/mol. The van der Waals surface area contributed by atoms with Crippen LogP contribution in [0.15, 0.2) is 54.7 Å². The highest BCUT2D eigenvalue weighted by atomic mass is 16.7. The van der Waals surface area contributed by atoms with E-state index in [-0.39, 0.29) is 30.2 Å². The number of benzene rings is 2. The lowest BCUT2D eigenvalue weighted by Gasteiger charge is -2.48. The summed E-state index contributed by atoms with van der Waals surface area (Å²) in [6.07, 6.45) is 5.12. The summed E-state index contributed by atoms with van der Waals surface area (Å²) < 4.78 is 6.51. The SMILES string of the molecule is CC(C)[C@@]1(NC(=O)[C@@H]2C[C@H]3c4cccc5[nH]cc(c45)C[C@H]3N(C)C2)O[C@@]2(O)[C@@H]3CCCN3C(=O)[C@H](Cc3ccccc3)N2C1=O. The first kappa shape index (κ1) is 28.7. The lowest BCUT2D eigenvalue weighted by Crippen LogP contribution is -2.71. The molecule has 2 aromatic carbocycles. The summed E-state index contributed by atoms with van der Waals surface area (Å²) in [5.74, 6) is -3.80. The minimum absolute atomic E-state index is 0.164. The van der Waals surface area contributed by atoms with E-state index in [1.54, 1.807) is 4.90 Å². The summed E-state index contributed by atoms with van der Waals surface area (Å²) in [6, 6.07) is 14.5. The van der Waals surface area contributed by atoms with Crippen molar-refractivity contribution in [3.63, 3.8) is 0 Å². The Morgan fingerprint density at radius 2 is 1.96 bits per heavy atom. The number of aromatic amines is 1. The fourth-order valence-electron chi connectivity index (χ4n) is 8.99. The van der Waals surface area contributed by atoms with E-state index in [0.29, 0.717) is 32.4 Å². The zero-order valence-electron chi connectivity index (χ0n) is 26.0. The molecule has 10 heteroatoms. The number of nitrogens with zero attached hydrogens (tertiary/aromatic N) is 3. The third-order valence-corrected chi connectivity index (χ3v) is 11.2. The van der Waals surface area contributed by atoms with Gasteiger partial charge < -0.3 is 25.2 Å². The van der Waals surface area contributed by atoms with Crippen LogP contribution in [0.25, 0.3) is 10.9 Å². The molecule has 4 saturated heterocycles. The van der Waals surface area contributed by atoms with E-state index >= 15 is 0 Å². The normalized spacial score (nSPS) is 34.3. The Hall–Kier alpha value is -3.73. The summed E-state index contributed by atoms with van der Waals surface area (Å²) in [5, 5.41) is 16.6. The van der Waals surface area contributed by atoms with Gasteiger partial charge in [-0.05, 0) is 55.5 Å². The number of nitrogens with one attached hydrogen (secondary N) is 2. The number of aliphatic hydroxyl groups is 1. The van der Waals surface area contributed by atoms with Gasteiger partial charge >= 0.3 is 0 Å². The second kappa shape index (κ2) is 10.1. The third kappa shape index (κ3) is 4.08. The summed E-state index contributed by atoms with van der Waals surface area (Å²) >= 11 is 0. The van der Waals surface area contributed by atoms with Crippen molar-refractivity contribution in [2.24, 2.45) is 11.8 Å². The number of hydrogen-bond donors (Lipinski definition) is 3. The Morgan fingerprint density at radius 3 is 2.73 bits per heavy atom. The number of piperidine rings is 1. The van der Waals surface area contributed by atoms with Gasteiger partial charge in [0, 0.05) is 54.5 Å². The van der Waals surface area contributed by atoms with Gasteiger partial charge in [-0.15, -0.1) is 0 Å². The van der Waals surface area contributed by atoms with Gasteiger partial charge in [-0.2, -0.15) is 0 Å². The number of ether oxygens (including phenoxy) is 1. The van der Waals surface area contributed by atoms with Gasteiger partial charge in [-0.25, -0.2) is 0 Å². The van der Waals surface area contributed by atoms with Gasteiger partial charge in [0.15, 0.2) is 0 Å². The smallest absolute Gasteiger partial charge is 0.281 e. The predicted octanol–water partition coefficient (Wildman–Crippen LogP) is 2.72. The number of amides is 3. The second-order valence-corrected chi connectivity index (χ2v) is 14.0. The van der Waals surface area contributed by atoms with Crippen LogP contribution in [-0.4, -0.2) is 92.4 Å². The lowest BCUT2D eigenvalue weighted by atomic mass is 9.72. The Balaban J connectivity index is 1.12. The van der Waals surface area contributed by atoms with Gasteiger partial charge in [0.05, 0.1) is 5.92 Å². The molecule has 0 bridgehead atoms. The molecule has 0 unspecified atom stereocenters. The minimum atomic E-state index is -2.04. The molecular formula is C35H41N5O5. The molecule has 8 rings (SSSR count). The quantitative estimate of drug-likeness (QED) is 0.409. The Morgan fingerprint density at radius 1 is 1.16 bits per heavy atom. The highest BCUT2D eigenvalue weighted by molar-refractivity contribution is 5.98. The molecule has 10 nitrogen and oxygen atoms in total. The van der Waals surface area contributed by atoms with E-state index in [2.05, 4.69) is 46.6 Å². The van der Waals surface area contributed by atoms with Crippen LogP contribution in [-0.2, 0) is 32.0 Å². The van der Waals surface area contributed by atoms with Crippen LogP contribution in [0.3, 0.4) is 0 Å². The van der Waals surface area contributed by atoms with Crippen molar-refractivity contribution in [1.82, 2.24) is 25.0 Å². The summed E-state index contributed by atoms with van der Waals surface area (Å²) in [5.41, 5.74) is 2.75. The largest absolute Gasteiger partial charge is 0.361 e. The molecule has 1 aliphatic carbocycles. The van der Waals surface area contributed by atoms with Crippen molar-refractivity contribution in [1.29, 1.82) is 0 Å². The summed E-state index contributed by atoms with van der Waals surface area (Å²) in [7, 11) is 2.07. The lowest BCUT2D eigenvalue weighted by molar-refractivity contribution is -0.321. The topological polar surface area (TPSA) is 118 Å². The Bertz CT molecular complexity index is 1690. The summed E-state index contributed by atoms with van der Waals surface area (Å²) in [4.78, 5) is 51.4. The highest BCUT2D eigenvalue weighted by Gasteiger charge is 2.72. The second-order valence-electron chi connectivity index (χ2n) is 14.0. The van der Waals surface area contributed by atoms with E-state index in [9.17, 15) is 19.5 Å². The maximum atomic E-state index is 14.6. The van der Waals surface area contributed by atoms with E-state index in [4.69, 9.17) is 4.74 Å². The fraction of sp³-hybridized carbons (Fsp3) is 0.514. The minimum Gasteiger partial charge on any atom is -0.361 e. The number of rotatable bonds is 5. The van der Waals surface area contributed by atoms with E-state index in [1.165, 1.54) is 21.4 Å². The molecule has 5 heterocycles. The van der Waals surface area contributed by atoms with Gasteiger partial charge in [0.25, 0.3) is 11.8 Å².